The van der Waals surface area contributed by atoms with E-state index in [2.05, 4.69) is 65.5 Å². The Kier molecular flexibility index (Phi) is 7.03. The molecule has 0 aromatic rings. The molecule has 1 saturated heterocycles. The number of hydrogen-bond donors (Lipinski definition) is 0. The minimum absolute atomic E-state index is 0.0369. The molecule has 5 heteroatoms. The molecule has 5 aliphatic carbocycles. The van der Waals surface area contributed by atoms with Crippen LogP contribution in [0.3, 0.4) is 0 Å². The second kappa shape index (κ2) is 9.65. The first-order valence-electron chi connectivity index (χ1n) is 16.8. The maximum absolute atomic E-state index is 14.1. The van der Waals surface area contributed by atoms with Crippen LogP contribution in [0.4, 0.5) is 0 Å². The number of fused-ring (bicyclic) bond motifs is 7. The lowest BCUT2D eigenvalue weighted by Crippen LogP contribution is -2.67. The van der Waals surface area contributed by atoms with Crippen LogP contribution in [0.15, 0.2) is 12.2 Å². The van der Waals surface area contributed by atoms with Crippen molar-refractivity contribution in [3.63, 3.8) is 0 Å². The summed E-state index contributed by atoms with van der Waals surface area (Å²) in [5, 5.41) is 0. The monoisotopic (exact) mass is 567 g/mol. The van der Waals surface area contributed by atoms with Crippen molar-refractivity contribution in [3.05, 3.63) is 12.2 Å². The number of ether oxygens (including phenoxy) is 2. The molecule has 0 bridgehead atoms. The zero-order valence-corrected chi connectivity index (χ0v) is 27.3. The van der Waals surface area contributed by atoms with Crippen LogP contribution in [-0.4, -0.2) is 56.6 Å². The van der Waals surface area contributed by atoms with Crippen molar-refractivity contribution < 1.29 is 19.1 Å². The van der Waals surface area contributed by atoms with Crippen LogP contribution < -0.4 is 0 Å². The van der Waals surface area contributed by atoms with Crippen LogP contribution in [0.2, 0.25) is 0 Å². The number of nitrogens with zero attached hydrogens (tertiary/aromatic N) is 1. The van der Waals surface area contributed by atoms with E-state index < -0.39 is 0 Å². The van der Waals surface area contributed by atoms with Gasteiger partial charge in [0.2, 0.25) is 0 Å². The van der Waals surface area contributed by atoms with Crippen LogP contribution in [-0.2, 0) is 19.1 Å². The van der Waals surface area contributed by atoms with Crippen molar-refractivity contribution in [2.75, 3.05) is 40.0 Å². The molecule has 6 aliphatic rings. The fraction of sp³-hybridized carbons (Fsp3) is 0.889. The summed E-state index contributed by atoms with van der Waals surface area (Å²) in [6, 6.07) is 0. The maximum atomic E-state index is 14.1. The maximum Gasteiger partial charge on any atom is 0.312 e. The molecule has 5 nitrogen and oxygen atoms in total. The molecule has 230 valence electrons. The van der Waals surface area contributed by atoms with Crippen molar-refractivity contribution in [1.29, 1.82) is 0 Å². The smallest absolute Gasteiger partial charge is 0.312 e. The molecule has 0 spiro atoms. The molecule has 41 heavy (non-hydrogen) atoms. The van der Waals surface area contributed by atoms with Gasteiger partial charge in [-0.15, -0.1) is 0 Å². The summed E-state index contributed by atoms with van der Waals surface area (Å²) >= 11 is 0. The van der Waals surface area contributed by atoms with E-state index in [1.807, 2.05) is 0 Å². The van der Waals surface area contributed by atoms with Crippen LogP contribution >= 0.6 is 0 Å². The number of carbonyl (C=O) groups excluding carboxylic acids is 2. The van der Waals surface area contributed by atoms with Gasteiger partial charge in [0.25, 0.3) is 0 Å². The first-order valence-corrected chi connectivity index (χ1v) is 16.8. The van der Waals surface area contributed by atoms with Crippen molar-refractivity contribution in [3.8, 4) is 0 Å². The summed E-state index contributed by atoms with van der Waals surface area (Å²) in [5.41, 5.74) is -0.0595. The number of rotatable bonds is 3. The number of allylic oxidation sites excluding steroid dienone is 2. The molecule has 9 atom stereocenters. The van der Waals surface area contributed by atoms with Crippen molar-refractivity contribution in [1.82, 2.24) is 4.90 Å². The average molecular weight is 568 g/mol. The van der Waals surface area contributed by atoms with Gasteiger partial charge in [-0.05, 0) is 96.7 Å². The third-order valence-corrected chi connectivity index (χ3v) is 14.7. The van der Waals surface area contributed by atoms with Gasteiger partial charge in [0.1, 0.15) is 5.78 Å². The van der Waals surface area contributed by atoms with Crippen LogP contribution in [0.1, 0.15) is 99.8 Å². The highest BCUT2D eigenvalue weighted by molar-refractivity contribution is 5.88. The topological polar surface area (TPSA) is 55.8 Å². The summed E-state index contributed by atoms with van der Waals surface area (Å²) in [4.78, 5) is 30.1. The largest absolute Gasteiger partial charge is 0.469 e. The second-order valence-corrected chi connectivity index (χ2v) is 17.3. The van der Waals surface area contributed by atoms with Crippen LogP contribution in [0.5, 0.6) is 0 Å². The van der Waals surface area contributed by atoms with Crippen molar-refractivity contribution in [2.24, 2.45) is 62.1 Å². The fourth-order valence-electron chi connectivity index (χ4n) is 12.3. The molecule has 1 heterocycles. The number of Topliss-reactive ketones (excluding diaryl/α,β-unsaturated/α-hetero) is 1. The lowest BCUT2D eigenvalue weighted by atomic mass is 9.32. The normalized spacial score (nSPS) is 48.8. The van der Waals surface area contributed by atoms with Gasteiger partial charge in [-0.1, -0.05) is 60.6 Å². The SMILES string of the molecule is COC(=O)[C@]12CCC(C)(C)CC1C1C=CC3[C@@]4(C)CC(CN5CCOCC5)C(=O)C(C)(C)C4CC[C@@]3(C)[C@]1(C)CC2. The first-order chi connectivity index (χ1) is 19.1. The van der Waals surface area contributed by atoms with Gasteiger partial charge in [0.15, 0.2) is 0 Å². The molecule has 5 unspecified atom stereocenters. The van der Waals surface area contributed by atoms with Gasteiger partial charge in [0.05, 0.1) is 25.7 Å². The molecule has 0 amide bonds. The van der Waals surface area contributed by atoms with Crippen molar-refractivity contribution in [2.45, 2.75) is 99.8 Å². The third kappa shape index (κ3) is 4.13. The van der Waals surface area contributed by atoms with Gasteiger partial charge in [0, 0.05) is 31.0 Å². The first kappa shape index (κ1) is 29.9. The molecule has 5 fully saturated rings. The summed E-state index contributed by atoms with van der Waals surface area (Å²) in [5.74, 6) is 2.17. The minimum Gasteiger partial charge on any atom is -0.469 e. The number of esters is 1. The number of carbonyl (C=O) groups is 2. The highest BCUT2D eigenvalue weighted by Gasteiger charge is 2.71. The molecule has 4 saturated carbocycles. The lowest BCUT2D eigenvalue weighted by Gasteiger charge is -2.71. The Morgan fingerprint density at radius 1 is 0.927 bits per heavy atom. The molecular formula is C36H57NO4. The van der Waals surface area contributed by atoms with E-state index in [1.165, 1.54) is 6.42 Å². The highest BCUT2D eigenvalue weighted by Crippen LogP contribution is 2.75. The second-order valence-electron chi connectivity index (χ2n) is 17.3. The zero-order valence-electron chi connectivity index (χ0n) is 27.3. The Bertz CT molecular complexity index is 1100. The van der Waals surface area contributed by atoms with E-state index in [-0.39, 0.29) is 44.4 Å². The Morgan fingerprint density at radius 3 is 2.29 bits per heavy atom. The van der Waals surface area contributed by atoms with E-state index >= 15 is 0 Å². The van der Waals surface area contributed by atoms with Gasteiger partial charge >= 0.3 is 5.97 Å². The number of morpholine rings is 1. The third-order valence-electron chi connectivity index (χ3n) is 14.7. The van der Waals surface area contributed by atoms with Gasteiger partial charge in [-0.25, -0.2) is 0 Å². The summed E-state index contributed by atoms with van der Waals surface area (Å²) < 4.78 is 11.2. The molecule has 1 aliphatic heterocycles. The summed E-state index contributed by atoms with van der Waals surface area (Å²) in [7, 11) is 1.59. The lowest BCUT2D eigenvalue weighted by molar-refractivity contribution is -0.215. The minimum atomic E-state index is -0.342. The van der Waals surface area contributed by atoms with Crippen molar-refractivity contribution >= 4 is 11.8 Å². The highest BCUT2D eigenvalue weighted by atomic mass is 16.5. The summed E-state index contributed by atoms with van der Waals surface area (Å²) in [6.07, 6.45) is 13.7. The Hall–Kier alpha value is -1.20. The fourth-order valence-corrected chi connectivity index (χ4v) is 12.3. The molecule has 0 N–H and O–H groups in total. The van der Waals surface area contributed by atoms with Crippen LogP contribution in [0.25, 0.3) is 0 Å². The Balaban J connectivity index is 1.39. The predicted molar refractivity (Wildman–Crippen MR) is 162 cm³/mol. The standard InChI is InChI=1S/C36H57NO4/c1-31(2)13-15-36(30(39)40-8)16-14-34(6)25(26(36)22-31)9-10-28-33(5)21-24(23-37-17-19-41-20-18-37)29(38)32(3,4)27(33)11-12-35(28,34)7/h9-10,24-28H,11-23H2,1-8H3/t24?,25?,26?,27?,28?,33-,34+,35+,36-/m0/s1. The zero-order chi connectivity index (χ0) is 29.6. The van der Waals surface area contributed by atoms with E-state index in [1.54, 1.807) is 7.11 Å². The quantitative estimate of drug-likeness (QED) is 0.273. The molecule has 6 rings (SSSR count). The number of methoxy groups -OCH3 is 1. The van der Waals surface area contributed by atoms with Gasteiger partial charge in [-0.2, -0.15) is 0 Å². The van der Waals surface area contributed by atoms with E-state index in [4.69, 9.17) is 9.47 Å². The predicted octanol–water partition coefficient (Wildman–Crippen LogP) is 6.94. The molecule has 0 aromatic heterocycles. The number of hydrogen-bond acceptors (Lipinski definition) is 5. The number of ketones is 1. The molecular weight excluding hydrogens is 510 g/mol. The Labute approximate surface area is 249 Å². The van der Waals surface area contributed by atoms with Gasteiger partial charge in [-0.3, -0.25) is 14.5 Å². The molecule has 0 radical (unpaired) electrons. The average Bonchev–Trinajstić information content (AvgIpc) is 2.92. The molecule has 0 aromatic carbocycles. The van der Waals surface area contributed by atoms with Crippen LogP contribution in [0, 0.1) is 62.1 Å². The van der Waals surface area contributed by atoms with E-state index in [0.717, 1.165) is 77.8 Å². The van der Waals surface area contributed by atoms with E-state index in [0.29, 0.717) is 29.5 Å². The van der Waals surface area contributed by atoms with Gasteiger partial charge < -0.3 is 9.47 Å². The Morgan fingerprint density at radius 2 is 1.61 bits per heavy atom. The van der Waals surface area contributed by atoms with E-state index in [9.17, 15) is 9.59 Å². The summed E-state index contributed by atoms with van der Waals surface area (Å²) in [6.45, 7) is 21.4.